The van der Waals surface area contributed by atoms with Gasteiger partial charge in [-0.25, -0.2) is 9.78 Å². The second-order valence-corrected chi connectivity index (χ2v) is 5.49. The van der Waals surface area contributed by atoms with Crippen LogP contribution in [0.3, 0.4) is 0 Å². The Balaban J connectivity index is 1.69. The van der Waals surface area contributed by atoms with Gasteiger partial charge in [-0.2, -0.15) is 0 Å². The van der Waals surface area contributed by atoms with E-state index in [0.29, 0.717) is 23.7 Å². The van der Waals surface area contributed by atoms with Gasteiger partial charge in [-0.1, -0.05) is 5.16 Å². The number of hydrogen-bond acceptors (Lipinski definition) is 7. The highest BCUT2D eigenvalue weighted by atomic mass is 16.5. The number of esters is 1. The predicted molar refractivity (Wildman–Crippen MR) is 95.5 cm³/mol. The summed E-state index contributed by atoms with van der Waals surface area (Å²) in [5.41, 5.74) is 1.85. The van der Waals surface area contributed by atoms with E-state index < -0.39 is 5.97 Å². The summed E-state index contributed by atoms with van der Waals surface area (Å²) in [5.74, 6) is 1.18. The summed E-state index contributed by atoms with van der Waals surface area (Å²) in [5, 5.41) is 6.88. The molecule has 0 unspecified atom stereocenters. The highest BCUT2D eigenvalue weighted by molar-refractivity contribution is 5.95. The summed E-state index contributed by atoms with van der Waals surface area (Å²) in [4.78, 5) is 16.6. The average Bonchev–Trinajstić information content (AvgIpc) is 3.07. The van der Waals surface area contributed by atoms with Crippen molar-refractivity contribution in [2.45, 2.75) is 20.5 Å². The summed E-state index contributed by atoms with van der Waals surface area (Å²) >= 11 is 0. The predicted octanol–water partition coefficient (Wildman–Crippen LogP) is 3.88. The van der Waals surface area contributed by atoms with Crippen LogP contribution in [-0.4, -0.2) is 22.7 Å². The highest BCUT2D eigenvalue weighted by Gasteiger charge is 2.15. The summed E-state index contributed by atoms with van der Waals surface area (Å²) in [7, 11) is 0. The smallest absolute Gasteiger partial charge is 0.342 e. The van der Waals surface area contributed by atoms with E-state index in [1.807, 2.05) is 31.2 Å². The van der Waals surface area contributed by atoms with E-state index in [4.69, 9.17) is 14.0 Å². The summed E-state index contributed by atoms with van der Waals surface area (Å²) in [6.45, 7) is 4.34. The zero-order valence-corrected chi connectivity index (χ0v) is 14.6. The highest BCUT2D eigenvalue weighted by Crippen LogP contribution is 2.22. The first-order valence-electron chi connectivity index (χ1n) is 8.20. The molecule has 0 aliphatic heterocycles. The molecular weight excluding hydrogens is 334 g/mol. The number of nitrogens with zero attached hydrogens (tertiary/aromatic N) is 2. The first-order chi connectivity index (χ1) is 12.7. The molecular formula is C19H19N3O4. The van der Waals surface area contributed by atoms with Gasteiger partial charge in [0.1, 0.15) is 17.1 Å². The monoisotopic (exact) mass is 353 g/mol. The third kappa shape index (κ3) is 4.38. The van der Waals surface area contributed by atoms with Crippen LogP contribution in [-0.2, 0) is 11.3 Å². The minimum atomic E-state index is -0.499. The number of aryl methyl sites for hydroxylation is 1. The number of benzene rings is 1. The quantitative estimate of drug-likeness (QED) is 0.645. The fraction of sp³-hybridized carbons (Fsp3) is 0.211. The van der Waals surface area contributed by atoms with Crippen molar-refractivity contribution in [2.75, 3.05) is 11.9 Å². The largest absolute Gasteiger partial charge is 0.494 e. The standard InChI is InChI=1S/C19H19N3O4/c1-3-24-15-8-6-14(7-9-15)21-18-17(5-4-10-20-18)19(23)25-12-16-11-13(2)22-26-16/h4-11H,3,12H2,1-2H3,(H,20,21). The van der Waals surface area contributed by atoms with Crippen LogP contribution in [0.15, 0.2) is 53.2 Å². The van der Waals surface area contributed by atoms with E-state index in [1.54, 1.807) is 31.3 Å². The molecule has 0 spiro atoms. The van der Waals surface area contributed by atoms with Crippen LogP contribution in [0.4, 0.5) is 11.5 Å². The van der Waals surface area contributed by atoms with E-state index in [0.717, 1.165) is 17.1 Å². The Hall–Kier alpha value is -3.35. The fourth-order valence-corrected chi connectivity index (χ4v) is 2.31. The third-order valence-corrected chi connectivity index (χ3v) is 3.48. The number of anilines is 2. The lowest BCUT2D eigenvalue weighted by Gasteiger charge is -2.11. The second kappa shape index (κ2) is 8.15. The van der Waals surface area contributed by atoms with Crippen LogP contribution in [0.25, 0.3) is 0 Å². The van der Waals surface area contributed by atoms with Gasteiger partial charge in [0.25, 0.3) is 0 Å². The summed E-state index contributed by atoms with van der Waals surface area (Å²) in [6.07, 6.45) is 1.60. The van der Waals surface area contributed by atoms with Crippen molar-refractivity contribution < 1.29 is 18.8 Å². The van der Waals surface area contributed by atoms with Crippen molar-refractivity contribution in [3.05, 3.63) is 65.7 Å². The molecule has 0 saturated carbocycles. The van der Waals surface area contributed by atoms with Crippen LogP contribution < -0.4 is 10.1 Å². The topological polar surface area (TPSA) is 86.5 Å². The van der Waals surface area contributed by atoms with Gasteiger partial charge in [-0.15, -0.1) is 0 Å². The van der Waals surface area contributed by atoms with Crippen molar-refractivity contribution in [1.82, 2.24) is 10.1 Å². The maximum atomic E-state index is 12.4. The molecule has 134 valence electrons. The Bertz CT molecular complexity index is 875. The normalized spacial score (nSPS) is 10.4. The van der Waals surface area contributed by atoms with Crippen molar-refractivity contribution in [2.24, 2.45) is 0 Å². The molecule has 0 aliphatic carbocycles. The molecule has 2 heterocycles. The Morgan fingerprint density at radius 2 is 2.04 bits per heavy atom. The Morgan fingerprint density at radius 1 is 1.23 bits per heavy atom. The number of aromatic nitrogens is 2. The molecule has 3 rings (SSSR count). The van der Waals surface area contributed by atoms with Crippen LogP contribution in [0, 0.1) is 6.92 Å². The molecule has 2 aromatic heterocycles. The van der Waals surface area contributed by atoms with Crippen molar-refractivity contribution in [3.8, 4) is 5.75 Å². The molecule has 0 amide bonds. The van der Waals surface area contributed by atoms with Crippen molar-refractivity contribution in [3.63, 3.8) is 0 Å². The molecule has 0 fully saturated rings. The minimum Gasteiger partial charge on any atom is -0.494 e. The van der Waals surface area contributed by atoms with E-state index in [1.165, 1.54) is 0 Å². The number of pyridine rings is 1. The van der Waals surface area contributed by atoms with Crippen molar-refractivity contribution >= 4 is 17.5 Å². The fourth-order valence-electron chi connectivity index (χ4n) is 2.31. The maximum absolute atomic E-state index is 12.4. The zero-order chi connectivity index (χ0) is 18.4. The van der Waals surface area contributed by atoms with Gasteiger partial charge >= 0.3 is 5.97 Å². The Morgan fingerprint density at radius 3 is 2.73 bits per heavy atom. The molecule has 0 radical (unpaired) electrons. The van der Waals surface area contributed by atoms with Crippen LogP contribution >= 0.6 is 0 Å². The second-order valence-electron chi connectivity index (χ2n) is 5.49. The molecule has 7 heteroatoms. The molecule has 0 saturated heterocycles. The van der Waals surface area contributed by atoms with Gasteiger partial charge in [0.15, 0.2) is 12.4 Å². The van der Waals surface area contributed by atoms with Crippen LogP contribution in [0.5, 0.6) is 5.75 Å². The van der Waals surface area contributed by atoms with Gasteiger partial charge in [0.05, 0.1) is 12.3 Å². The van der Waals surface area contributed by atoms with Gasteiger partial charge in [0.2, 0.25) is 0 Å². The molecule has 0 bridgehead atoms. The summed E-state index contributed by atoms with van der Waals surface area (Å²) < 4.78 is 15.7. The van der Waals surface area contributed by atoms with Gasteiger partial charge in [0, 0.05) is 18.0 Å². The lowest BCUT2D eigenvalue weighted by atomic mass is 10.2. The molecule has 7 nitrogen and oxygen atoms in total. The maximum Gasteiger partial charge on any atom is 0.342 e. The number of nitrogens with one attached hydrogen (secondary N) is 1. The molecule has 26 heavy (non-hydrogen) atoms. The van der Waals surface area contributed by atoms with E-state index in [-0.39, 0.29) is 6.61 Å². The van der Waals surface area contributed by atoms with Gasteiger partial charge < -0.3 is 19.3 Å². The third-order valence-electron chi connectivity index (χ3n) is 3.48. The lowest BCUT2D eigenvalue weighted by molar-refractivity contribution is 0.0438. The van der Waals surface area contributed by atoms with E-state index in [9.17, 15) is 4.79 Å². The Kier molecular flexibility index (Phi) is 5.48. The number of ether oxygens (including phenoxy) is 2. The van der Waals surface area contributed by atoms with Gasteiger partial charge in [-0.05, 0) is 50.2 Å². The average molecular weight is 353 g/mol. The van der Waals surface area contributed by atoms with Crippen molar-refractivity contribution in [1.29, 1.82) is 0 Å². The first-order valence-corrected chi connectivity index (χ1v) is 8.20. The number of hydrogen-bond donors (Lipinski definition) is 1. The molecule has 0 atom stereocenters. The van der Waals surface area contributed by atoms with Gasteiger partial charge in [-0.3, -0.25) is 0 Å². The Labute approximate surface area is 150 Å². The lowest BCUT2D eigenvalue weighted by Crippen LogP contribution is -2.09. The number of rotatable bonds is 7. The number of carbonyl (C=O) groups excluding carboxylic acids is 1. The van der Waals surface area contributed by atoms with E-state index >= 15 is 0 Å². The van der Waals surface area contributed by atoms with E-state index in [2.05, 4.69) is 15.5 Å². The molecule has 1 N–H and O–H groups in total. The van der Waals surface area contributed by atoms with Crippen LogP contribution in [0.1, 0.15) is 28.7 Å². The minimum absolute atomic E-state index is 0.0110. The van der Waals surface area contributed by atoms with Crippen LogP contribution in [0.2, 0.25) is 0 Å². The molecule has 1 aromatic carbocycles. The first kappa shape index (κ1) is 17.5. The molecule has 0 aliphatic rings. The number of carbonyl (C=O) groups is 1. The molecule has 3 aromatic rings. The SMILES string of the molecule is CCOc1ccc(Nc2ncccc2C(=O)OCc2cc(C)no2)cc1. The summed E-state index contributed by atoms with van der Waals surface area (Å²) in [6, 6.07) is 12.4. The zero-order valence-electron chi connectivity index (χ0n) is 14.6.